The number of benzene rings is 2. The lowest BCUT2D eigenvalue weighted by Gasteiger charge is -2.14. The molecule has 1 N–H and O–H groups in total. The predicted molar refractivity (Wildman–Crippen MR) is 93.4 cm³/mol. The number of nitrogens with one attached hydrogen (secondary N) is 1. The number of hydrogen-bond acceptors (Lipinski definition) is 4. The van der Waals surface area contributed by atoms with Crippen LogP contribution in [0.1, 0.15) is 6.42 Å². The summed E-state index contributed by atoms with van der Waals surface area (Å²) in [6.07, 6.45) is 0.349. The molecule has 1 aliphatic rings. The Morgan fingerprint density at radius 2 is 1.75 bits per heavy atom. The number of para-hydroxylation sites is 3. The second-order valence-electron chi connectivity index (χ2n) is 5.62. The minimum absolute atomic E-state index is 0.0584. The maximum atomic E-state index is 12.3. The number of carbonyl (C=O) groups is 1. The summed E-state index contributed by atoms with van der Waals surface area (Å²) in [7, 11) is -3.11. The lowest BCUT2D eigenvalue weighted by atomic mass is 10.1. The summed E-state index contributed by atoms with van der Waals surface area (Å²) in [5.74, 6) is 0.0358. The van der Waals surface area contributed by atoms with E-state index in [2.05, 4.69) is 5.32 Å². The quantitative estimate of drug-likeness (QED) is 0.899. The van der Waals surface area contributed by atoms with Gasteiger partial charge in [0, 0.05) is 0 Å². The number of hydrogen-bond donors (Lipinski definition) is 1. The van der Waals surface area contributed by atoms with Crippen molar-refractivity contribution in [3.05, 3.63) is 53.6 Å². The van der Waals surface area contributed by atoms with Gasteiger partial charge < -0.3 is 10.1 Å². The van der Waals surface area contributed by atoms with E-state index in [1.54, 1.807) is 48.5 Å². The van der Waals surface area contributed by atoms with Gasteiger partial charge in [-0.3, -0.25) is 4.79 Å². The third-order valence-corrected chi connectivity index (χ3v) is 5.88. The van der Waals surface area contributed by atoms with Crippen molar-refractivity contribution in [3.8, 4) is 11.5 Å². The van der Waals surface area contributed by atoms with E-state index < -0.39 is 15.8 Å². The summed E-state index contributed by atoms with van der Waals surface area (Å²) in [4.78, 5) is 12.3. The van der Waals surface area contributed by atoms with E-state index >= 15 is 0 Å². The van der Waals surface area contributed by atoms with Crippen LogP contribution in [-0.2, 0) is 14.6 Å². The first kappa shape index (κ1) is 16.8. The minimum Gasteiger partial charge on any atom is -0.454 e. The van der Waals surface area contributed by atoms with Crippen molar-refractivity contribution in [2.24, 2.45) is 5.92 Å². The highest BCUT2D eigenvalue weighted by Gasteiger charge is 2.33. The predicted octanol–water partition coefficient (Wildman–Crippen LogP) is 3.51. The van der Waals surface area contributed by atoms with E-state index in [1.165, 1.54) is 0 Å². The van der Waals surface area contributed by atoms with Crippen molar-refractivity contribution in [1.82, 2.24) is 0 Å². The SMILES string of the molecule is O=C(Nc1ccccc1Oc1ccccc1Cl)C1CCS(=O)(=O)C1. The summed E-state index contributed by atoms with van der Waals surface area (Å²) in [5.41, 5.74) is 0.478. The third-order valence-electron chi connectivity index (χ3n) is 3.80. The van der Waals surface area contributed by atoms with E-state index in [1.807, 2.05) is 0 Å². The highest BCUT2D eigenvalue weighted by atomic mass is 35.5. The van der Waals surface area contributed by atoms with Gasteiger partial charge in [0.05, 0.1) is 28.1 Å². The molecule has 0 radical (unpaired) electrons. The Morgan fingerprint density at radius 3 is 2.42 bits per heavy atom. The second kappa shape index (κ2) is 6.83. The van der Waals surface area contributed by atoms with Crippen LogP contribution in [0.4, 0.5) is 5.69 Å². The molecule has 1 saturated heterocycles. The largest absolute Gasteiger partial charge is 0.454 e. The topological polar surface area (TPSA) is 72.5 Å². The Morgan fingerprint density at radius 1 is 1.08 bits per heavy atom. The summed E-state index contributed by atoms with van der Waals surface area (Å²) >= 11 is 6.09. The van der Waals surface area contributed by atoms with Crippen LogP contribution in [0.3, 0.4) is 0 Å². The van der Waals surface area contributed by atoms with Gasteiger partial charge in [-0.15, -0.1) is 0 Å². The number of amides is 1. The first-order valence-electron chi connectivity index (χ1n) is 7.47. The maximum Gasteiger partial charge on any atom is 0.228 e. The zero-order valence-corrected chi connectivity index (χ0v) is 14.3. The number of rotatable bonds is 4. The fourth-order valence-electron chi connectivity index (χ4n) is 2.54. The Kier molecular flexibility index (Phi) is 4.78. The molecule has 0 spiro atoms. The minimum atomic E-state index is -3.11. The van der Waals surface area contributed by atoms with Crippen molar-refractivity contribution >= 4 is 33.0 Å². The molecule has 1 amide bonds. The molecular formula is C17H16ClNO4S. The van der Waals surface area contributed by atoms with E-state index in [0.29, 0.717) is 28.6 Å². The lowest BCUT2D eigenvalue weighted by Crippen LogP contribution is -2.23. The van der Waals surface area contributed by atoms with Crippen LogP contribution >= 0.6 is 11.6 Å². The first-order valence-corrected chi connectivity index (χ1v) is 9.67. The highest BCUT2D eigenvalue weighted by molar-refractivity contribution is 7.91. The highest BCUT2D eigenvalue weighted by Crippen LogP contribution is 2.33. The lowest BCUT2D eigenvalue weighted by molar-refractivity contribution is -0.119. The molecular weight excluding hydrogens is 350 g/mol. The molecule has 7 heteroatoms. The fourth-order valence-corrected chi connectivity index (χ4v) is 4.46. The average molecular weight is 366 g/mol. The number of halogens is 1. The molecule has 5 nitrogen and oxygen atoms in total. The van der Waals surface area contributed by atoms with Gasteiger partial charge in [-0.05, 0) is 30.7 Å². The van der Waals surface area contributed by atoms with Crippen molar-refractivity contribution in [1.29, 1.82) is 0 Å². The molecule has 1 atom stereocenters. The standard InChI is InChI=1S/C17H16ClNO4S/c18-13-5-1-3-7-15(13)23-16-8-4-2-6-14(16)19-17(20)12-9-10-24(21,22)11-12/h1-8,12H,9-11H2,(H,19,20). The van der Waals surface area contributed by atoms with Crippen LogP contribution in [0.2, 0.25) is 5.02 Å². The van der Waals surface area contributed by atoms with Crippen molar-refractivity contribution in [2.75, 3.05) is 16.8 Å². The normalized spacial score (nSPS) is 19.0. The first-order chi connectivity index (χ1) is 11.4. The van der Waals surface area contributed by atoms with Crippen LogP contribution in [-0.4, -0.2) is 25.8 Å². The van der Waals surface area contributed by atoms with E-state index in [4.69, 9.17) is 16.3 Å². The molecule has 2 aromatic carbocycles. The molecule has 0 aromatic heterocycles. The Hall–Kier alpha value is -2.05. The molecule has 1 fully saturated rings. The van der Waals surface area contributed by atoms with Gasteiger partial charge in [-0.25, -0.2) is 8.42 Å². The van der Waals surface area contributed by atoms with Gasteiger partial charge in [-0.2, -0.15) is 0 Å². The zero-order chi connectivity index (χ0) is 17.2. The summed E-state index contributed by atoms with van der Waals surface area (Å²) in [6.45, 7) is 0. The Bertz CT molecular complexity index is 866. The molecule has 0 saturated carbocycles. The van der Waals surface area contributed by atoms with Crippen LogP contribution in [0.5, 0.6) is 11.5 Å². The molecule has 2 aromatic rings. The average Bonchev–Trinajstić information content (AvgIpc) is 2.91. The molecule has 0 bridgehead atoms. The summed E-state index contributed by atoms with van der Waals surface area (Å²) in [6, 6.07) is 14.0. The van der Waals surface area contributed by atoms with E-state index in [-0.39, 0.29) is 17.4 Å². The Labute approximate surface area is 145 Å². The fraction of sp³-hybridized carbons (Fsp3) is 0.235. The number of carbonyl (C=O) groups excluding carboxylic acids is 1. The summed E-state index contributed by atoms with van der Waals surface area (Å²) in [5, 5.41) is 3.22. The van der Waals surface area contributed by atoms with Crippen molar-refractivity contribution in [3.63, 3.8) is 0 Å². The molecule has 1 aliphatic heterocycles. The number of ether oxygens (including phenoxy) is 1. The van der Waals surface area contributed by atoms with Gasteiger partial charge in [0.15, 0.2) is 15.6 Å². The maximum absolute atomic E-state index is 12.3. The number of anilines is 1. The summed E-state index contributed by atoms with van der Waals surface area (Å²) < 4.78 is 28.8. The van der Waals surface area contributed by atoms with Gasteiger partial charge >= 0.3 is 0 Å². The molecule has 24 heavy (non-hydrogen) atoms. The second-order valence-corrected chi connectivity index (χ2v) is 8.25. The molecule has 1 unspecified atom stereocenters. The van der Waals surface area contributed by atoms with E-state index in [9.17, 15) is 13.2 Å². The van der Waals surface area contributed by atoms with E-state index in [0.717, 1.165) is 0 Å². The molecule has 3 rings (SSSR count). The number of sulfone groups is 1. The molecule has 126 valence electrons. The third kappa shape index (κ3) is 3.88. The van der Waals surface area contributed by atoms with Crippen LogP contribution in [0.25, 0.3) is 0 Å². The van der Waals surface area contributed by atoms with Gasteiger partial charge in [0.2, 0.25) is 5.91 Å². The van der Waals surface area contributed by atoms with Crippen molar-refractivity contribution < 1.29 is 17.9 Å². The smallest absolute Gasteiger partial charge is 0.228 e. The van der Waals surface area contributed by atoms with Gasteiger partial charge in [0.1, 0.15) is 5.75 Å². The molecule has 0 aliphatic carbocycles. The molecule has 1 heterocycles. The van der Waals surface area contributed by atoms with Gasteiger partial charge in [0.25, 0.3) is 0 Å². The van der Waals surface area contributed by atoms with Crippen LogP contribution in [0.15, 0.2) is 48.5 Å². The Balaban J connectivity index is 1.77. The van der Waals surface area contributed by atoms with Gasteiger partial charge in [-0.1, -0.05) is 35.9 Å². The van der Waals surface area contributed by atoms with Crippen molar-refractivity contribution in [2.45, 2.75) is 6.42 Å². The van der Waals surface area contributed by atoms with Crippen LogP contribution < -0.4 is 10.1 Å². The zero-order valence-electron chi connectivity index (χ0n) is 12.7. The monoisotopic (exact) mass is 365 g/mol. The van der Waals surface area contributed by atoms with Crippen LogP contribution in [0, 0.1) is 5.92 Å².